The van der Waals surface area contributed by atoms with Crippen LogP contribution in [-0.2, 0) is 0 Å². The molecule has 1 rings (SSSR count). The van der Waals surface area contributed by atoms with Crippen LogP contribution in [0.2, 0.25) is 0 Å². The number of primary amides is 1. The Hall–Kier alpha value is -1.79. The second kappa shape index (κ2) is 8.34. The zero-order valence-corrected chi connectivity index (χ0v) is 11.1. The van der Waals surface area contributed by atoms with Crippen LogP contribution < -0.4 is 21.1 Å². The van der Waals surface area contributed by atoms with Crippen molar-refractivity contribution >= 4 is 6.03 Å². The molecule has 106 valence electrons. The standard InChI is InChI=1S/C13H21N3O3/c1-10-3-2-4-12(7-10)19-9-11(17)8-15-5-6-16-13(14)18/h2-4,7,11,15,17H,5-6,8-9H2,1H3,(H3,14,16,18). The first kappa shape index (κ1) is 15.3. The fourth-order valence-electron chi connectivity index (χ4n) is 1.50. The number of hydrogen-bond acceptors (Lipinski definition) is 4. The Morgan fingerprint density at radius 3 is 2.95 bits per heavy atom. The minimum absolute atomic E-state index is 0.222. The highest BCUT2D eigenvalue weighted by molar-refractivity contribution is 5.71. The minimum atomic E-state index is -0.603. The first-order valence-electron chi connectivity index (χ1n) is 6.19. The van der Waals surface area contributed by atoms with Crippen molar-refractivity contribution in [3.8, 4) is 5.75 Å². The van der Waals surface area contributed by atoms with Gasteiger partial charge in [-0.05, 0) is 24.6 Å². The van der Waals surface area contributed by atoms with E-state index in [9.17, 15) is 9.90 Å². The second-order valence-corrected chi connectivity index (χ2v) is 4.28. The van der Waals surface area contributed by atoms with Gasteiger partial charge in [0.15, 0.2) is 0 Å². The van der Waals surface area contributed by atoms with Crippen molar-refractivity contribution in [1.29, 1.82) is 0 Å². The predicted molar refractivity (Wildman–Crippen MR) is 73.1 cm³/mol. The van der Waals surface area contributed by atoms with Gasteiger partial charge in [0.25, 0.3) is 0 Å². The molecule has 0 aliphatic carbocycles. The summed E-state index contributed by atoms with van der Waals surface area (Å²) in [6.45, 7) is 3.58. The largest absolute Gasteiger partial charge is 0.491 e. The van der Waals surface area contributed by atoms with E-state index in [1.807, 2.05) is 31.2 Å². The molecule has 0 radical (unpaired) electrons. The van der Waals surface area contributed by atoms with E-state index >= 15 is 0 Å². The van der Waals surface area contributed by atoms with E-state index in [4.69, 9.17) is 10.5 Å². The molecule has 0 heterocycles. The summed E-state index contributed by atoms with van der Waals surface area (Å²) >= 11 is 0. The summed E-state index contributed by atoms with van der Waals surface area (Å²) in [5, 5.41) is 15.1. The second-order valence-electron chi connectivity index (χ2n) is 4.28. The van der Waals surface area contributed by atoms with Gasteiger partial charge < -0.3 is 26.2 Å². The molecule has 0 saturated heterocycles. The Kier molecular flexibility index (Phi) is 6.70. The zero-order valence-electron chi connectivity index (χ0n) is 11.1. The van der Waals surface area contributed by atoms with E-state index in [0.29, 0.717) is 19.6 Å². The third-order valence-corrected chi connectivity index (χ3v) is 2.41. The smallest absolute Gasteiger partial charge is 0.312 e. The molecule has 6 heteroatoms. The van der Waals surface area contributed by atoms with Crippen molar-refractivity contribution in [2.45, 2.75) is 13.0 Å². The first-order chi connectivity index (χ1) is 9.08. The van der Waals surface area contributed by atoms with Crippen molar-refractivity contribution in [1.82, 2.24) is 10.6 Å². The van der Waals surface area contributed by atoms with Gasteiger partial charge >= 0.3 is 6.03 Å². The number of aliphatic hydroxyl groups excluding tert-OH is 1. The molecule has 0 aliphatic heterocycles. The van der Waals surface area contributed by atoms with E-state index in [-0.39, 0.29) is 6.61 Å². The van der Waals surface area contributed by atoms with Crippen LogP contribution >= 0.6 is 0 Å². The molecule has 1 aromatic carbocycles. The molecule has 1 atom stereocenters. The molecule has 0 bridgehead atoms. The monoisotopic (exact) mass is 267 g/mol. The van der Waals surface area contributed by atoms with Crippen LogP contribution in [0, 0.1) is 6.92 Å². The normalized spacial score (nSPS) is 11.9. The number of carbonyl (C=O) groups excluding carboxylic acids is 1. The van der Waals surface area contributed by atoms with Crippen molar-refractivity contribution in [3.63, 3.8) is 0 Å². The molecular weight excluding hydrogens is 246 g/mol. The molecule has 0 fully saturated rings. The van der Waals surface area contributed by atoms with Crippen molar-refractivity contribution in [2.24, 2.45) is 5.73 Å². The van der Waals surface area contributed by atoms with Gasteiger partial charge in [-0.15, -0.1) is 0 Å². The lowest BCUT2D eigenvalue weighted by atomic mass is 10.2. The Labute approximate surface area is 112 Å². The molecule has 1 unspecified atom stereocenters. The van der Waals surface area contributed by atoms with Crippen LogP contribution in [0.4, 0.5) is 4.79 Å². The molecule has 1 aromatic rings. The number of rotatable bonds is 8. The first-order valence-corrected chi connectivity index (χ1v) is 6.19. The summed E-state index contributed by atoms with van der Waals surface area (Å²) in [5.74, 6) is 0.745. The summed E-state index contributed by atoms with van der Waals surface area (Å²) in [6.07, 6.45) is -0.603. The molecule has 0 spiro atoms. The number of aryl methyl sites for hydroxylation is 1. The molecule has 0 aliphatic rings. The Bertz CT molecular complexity index is 398. The van der Waals surface area contributed by atoms with Crippen LogP contribution in [0.3, 0.4) is 0 Å². The topological polar surface area (TPSA) is 96.6 Å². The van der Waals surface area contributed by atoms with Crippen molar-refractivity contribution in [3.05, 3.63) is 29.8 Å². The highest BCUT2D eigenvalue weighted by atomic mass is 16.5. The summed E-state index contributed by atoms with van der Waals surface area (Å²) in [5.41, 5.74) is 6.03. The SMILES string of the molecule is Cc1cccc(OCC(O)CNCCNC(N)=O)c1. The number of nitrogens with two attached hydrogens (primary N) is 1. The lowest BCUT2D eigenvalue weighted by Gasteiger charge is -2.13. The number of amides is 2. The Morgan fingerprint density at radius 1 is 1.47 bits per heavy atom. The molecular formula is C13H21N3O3. The fraction of sp³-hybridized carbons (Fsp3) is 0.462. The van der Waals surface area contributed by atoms with Gasteiger partial charge in [-0.3, -0.25) is 0 Å². The van der Waals surface area contributed by atoms with Gasteiger partial charge in [0.2, 0.25) is 0 Å². The average Bonchev–Trinajstić information content (AvgIpc) is 2.35. The Morgan fingerprint density at radius 2 is 2.26 bits per heavy atom. The summed E-state index contributed by atoms with van der Waals surface area (Å²) in [4.78, 5) is 10.4. The van der Waals surface area contributed by atoms with Crippen molar-refractivity contribution in [2.75, 3.05) is 26.2 Å². The molecule has 0 aromatic heterocycles. The third-order valence-electron chi connectivity index (χ3n) is 2.41. The predicted octanol–water partition coefficient (Wildman–Crippen LogP) is -0.00738. The molecule has 19 heavy (non-hydrogen) atoms. The van der Waals surface area contributed by atoms with E-state index in [2.05, 4.69) is 10.6 Å². The van der Waals surface area contributed by atoms with E-state index in [0.717, 1.165) is 11.3 Å². The zero-order chi connectivity index (χ0) is 14.1. The molecule has 0 saturated carbocycles. The van der Waals surface area contributed by atoms with E-state index in [1.54, 1.807) is 0 Å². The van der Waals surface area contributed by atoms with E-state index < -0.39 is 12.1 Å². The number of ether oxygens (including phenoxy) is 1. The quantitative estimate of drug-likeness (QED) is 0.498. The number of nitrogens with one attached hydrogen (secondary N) is 2. The summed E-state index contributed by atoms with van der Waals surface area (Å²) in [6, 6.07) is 7.10. The van der Waals surface area contributed by atoms with E-state index in [1.165, 1.54) is 0 Å². The average molecular weight is 267 g/mol. The highest BCUT2D eigenvalue weighted by Crippen LogP contribution is 2.12. The van der Waals surface area contributed by atoms with Crippen LogP contribution in [0.5, 0.6) is 5.75 Å². The van der Waals surface area contributed by atoms with Gasteiger partial charge in [0.05, 0.1) is 0 Å². The number of benzene rings is 1. The number of urea groups is 1. The van der Waals surface area contributed by atoms with Crippen LogP contribution in [0.15, 0.2) is 24.3 Å². The minimum Gasteiger partial charge on any atom is -0.491 e. The van der Waals surface area contributed by atoms with Crippen LogP contribution in [0.25, 0.3) is 0 Å². The van der Waals surface area contributed by atoms with Crippen LogP contribution in [-0.4, -0.2) is 43.5 Å². The van der Waals surface area contributed by atoms with Gasteiger partial charge in [-0.1, -0.05) is 12.1 Å². The maximum Gasteiger partial charge on any atom is 0.312 e. The van der Waals surface area contributed by atoms with Gasteiger partial charge in [-0.2, -0.15) is 0 Å². The maximum absolute atomic E-state index is 10.4. The highest BCUT2D eigenvalue weighted by Gasteiger charge is 2.04. The lowest BCUT2D eigenvalue weighted by Crippen LogP contribution is -2.38. The maximum atomic E-state index is 10.4. The van der Waals surface area contributed by atoms with Crippen LogP contribution in [0.1, 0.15) is 5.56 Å². The molecule has 2 amide bonds. The van der Waals surface area contributed by atoms with Gasteiger partial charge in [-0.25, -0.2) is 4.79 Å². The third kappa shape index (κ3) is 7.28. The summed E-state index contributed by atoms with van der Waals surface area (Å²) in [7, 11) is 0. The fourth-order valence-corrected chi connectivity index (χ4v) is 1.50. The Balaban J connectivity index is 2.11. The van der Waals surface area contributed by atoms with Gasteiger partial charge in [0, 0.05) is 19.6 Å². The lowest BCUT2D eigenvalue weighted by molar-refractivity contribution is 0.106. The number of aliphatic hydroxyl groups is 1. The molecule has 5 N–H and O–H groups in total. The number of hydrogen-bond donors (Lipinski definition) is 4. The molecule has 6 nitrogen and oxygen atoms in total. The number of carbonyl (C=O) groups is 1. The van der Waals surface area contributed by atoms with Crippen molar-refractivity contribution < 1.29 is 14.6 Å². The summed E-state index contributed by atoms with van der Waals surface area (Å²) < 4.78 is 5.46. The van der Waals surface area contributed by atoms with Gasteiger partial charge in [0.1, 0.15) is 18.5 Å².